The lowest BCUT2D eigenvalue weighted by atomic mass is 10.0. The molecule has 2 aliphatic rings. The van der Waals surface area contributed by atoms with Crippen LogP contribution in [0.15, 0.2) is 53.9 Å². The first kappa shape index (κ1) is 35.2. The summed E-state index contributed by atoms with van der Waals surface area (Å²) in [4.78, 5) is 12.5. The average molecular weight is 689 g/mol. The highest BCUT2D eigenvalue weighted by Gasteiger charge is 2.40. The highest BCUT2D eigenvalue weighted by molar-refractivity contribution is 5.69. The van der Waals surface area contributed by atoms with Crippen LogP contribution in [-0.2, 0) is 36.4 Å². The molecule has 0 saturated carbocycles. The Balaban J connectivity index is 1.55. The van der Waals surface area contributed by atoms with E-state index in [0.29, 0.717) is 37.2 Å². The first-order valence-corrected chi connectivity index (χ1v) is 15.1. The third kappa shape index (κ3) is 7.79. The van der Waals surface area contributed by atoms with E-state index in [-0.39, 0.29) is 48.3 Å². The molecule has 2 aliphatic heterocycles. The third-order valence-electron chi connectivity index (χ3n) is 8.57. The van der Waals surface area contributed by atoms with Crippen molar-refractivity contribution in [1.29, 1.82) is 0 Å². The van der Waals surface area contributed by atoms with E-state index >= 15 is 0 Å². The second kappa shape index (κ2) is 13.4. The SMILES string of the molecule is CC[C@@H]1C[C@H](N(Cc2cc(C(F)(F)F)cc(C(F)(F)F)c2)c2ncc(C3C=NN(C)C3)cn2)CN1c1ccc(C(F)(F)F)cc1COC. The Hall–Kier alpha value is -4.08. The summed E-state index contributed by atoms with van der Waals surface area (Å²) in [5.74, 6) is -0.0279. The lowest BCUT2D eigenvalue weighted by Gasteiger charge is -2.31. The predicted molar refractivity (Wildman–Crippen MR) is 161 cm³/mol. The molecule has 260 valence electrons. The van der Waals surface area contributed by atoms with Crippen LogP contribution in [0.3, 0.4) is 0 Å². The van der Waals surface area contributed by atoms with Crippen LogP contribution in [0.4, 0.5) is 51.1 Å². The van der Waals surface area contributed by atoms with Gasteiger partial charge in [-0.2, -0.15) is 44.6 Å². The van der Waals surface area contributed by atoms with Crippen molar-refractivity contribution in [3.63, 3.8) is 0 Å². The molecule has 3 aromatic rings. The van der Waals surface area contributed by atoms with Crippen molar-refractivity contribution in [3.8, 4) is 0 Å². The molecular formula is C32H33F9N6O. The van der Waals surface area contributed by atoms with Gasteiger partial charge in [0, 0.05) is 75.6 Å². The maximum absolute atomic E-state index is 13.7. The third-order valence-corrected chi connectivity index (χ3v) is 8.57. The van der Waals surface area contributed by atoms with E-state index in [4.69, 9.17) is 4.74 Å². The van der Waals surface area contributed by atoms with Crippen molar-refractivity contribution in [2.24, 2.45) is 5.10 Å². The number of nitrogens with zero attached hydrogens (tertiary/aromatic N) is 6. The molecule has 16 heteroatoms. The Morgan fingerprint density at radius 2 is 1.48 bits per heavy atom. The van der Waals surface area contributed by atoms with Gasteiger partial charge < -0.3 is 14.5 Å². The number of rotatable bonds is 9. The molecule has 1 aromatic heterocycles. The molecule has 1 saturated heterocycles. The molecule has 3 heterocycles. The van der Waals surface area contributed by atoms with Gasteiger partial charge in [-0.15, -0.1) is 0 Å². The standard InChI is InChI=1S/C32H33F9N6O/c1-4-26-11-27(17-46(26)28-6-5-23(30(33,34)35)9-20(28)18-48-3)47(29-42-12-21(13-43-29)22-14-44-45(2)16-22)15-19-7-24(31(36,37)38)10-25(8-19)32(39,40)41/h5-10,12-14,22,26-27H,4,11,15-18H2,1-3H3/t22?,26-,27+/m1/s1. The monoisotopic (exact) mass is 688 g/mol. The molecule has 0 spiro atoms. The van der Waals surface area contributed by atoms with Crippen molar-refractivity contribution in [1.82, 2.24) is 15.0 Å². The molecule has 0 aliphatic carbocycles. The van der Waals surface area contributed by atoms with Crippen LogP contribution in [0.25, 0.3) is 0 Å². The van der Waals surface area contributed by atoms with Crippen LogP contribution in [0.1, 0.15) is 59.1 Å². The molecule has 1 unspecified atom stereocenters. The Bertz CT molecular complexity index is 1580. The van der Waals surface area contributed by atoms with Crippen molar-refractivity contribution in [3.05, 3.63) is 82.2 Å². The molecule has 3 atom stereocenters. The zero-order chi connectivity index (χ0) is 35.0. The summed E-state index contributed by atoms with van der Waals surface area (Å²) in [5.41, 5.74) is -2.49. The van der Waals surface area contributed by atoms with Crippen molar-refractivity contribution < 1.29 is 44.3 Å². The first-order valence-electron chi connectivity index (χ1n) is 15.1. The van der Waals surface area contributed by atoms with Crippen molar-refractivity contribution in [2.45, 2.75) is 69.4 Å². The molecular weight excluding hydrogens is 655 g/mol. The van der Waals surface area contributed by atoms with E-state index in [1.54, 1.807) is 35.6 Å². The molecule has 7 nitrogen and oxygen atoms in total. The fourth-order valence-corrected chi connectivity index (χ4v) is 6.22. The summed E-state index contributed by atoms with van der Waals surface area (Å²) in [6.07, 6.45) is -8.91. The lowest BCUT2D eigenvalue weighted by molar-refractivity contribution is -0.143. The number of likely N-dealkylation sites (N-methyl/N-ethyl adjacent to an activating group) is 1. The highest BCUT2D eigenvalue weighted by atomic mass is 19.4. The van der Waals surface area contributed by atoms with E-state index in [0.717, 1.165) is 17.7 Å². The zero-order valence-electron chi connectivity index (χ0n) is 26.2. The molecule has 0 bridgehead atoms. The van der Waals surface area contributed by atoms with Crippen LogP contribution in [0, 0.1) is 0 Å². The number of hydrogen-bond acceptors (Lipinski definition) is 7. The van der Waals surface area contributed by atoms with Gasteiger partial charge in [-0.3, -0.25) is 5.01 Å². The van der Waals surface area contributed by atoms with Gasteiger partial charge in [0.2, 0.25) is 5.95 Å². The minimum absolute atomic E-state index is 0.0751. The van der Waals surface area contributed by atoms with Crippen LogP contribution in [0.5, 0.6) is 0 Å². The van der Waals surface area contributed by atoms with Gasteiger partial charge in [0.15, 0.2) is 0 Å². The number of halogens is 9. The summed E-state index contributed by atoms with van der Waals surface area (Å²) < 4.78 is 128. The fraction of sp³-hybridized carbons (Fsp3) is 0.469. The topological polar surface area (TPSA) is 57.1 Å². The van der Waals surface area contributed by atoms with Gasteiger partial charge in [0.25, 0.3) is 0 Å². The van der Waals surface area contributed by atoms with Crippen molar-refractivity contribution >= 4 is 17.9 Å². The van der Waals surface area contributed by atoms with Crippen molar-refractivity contribution in [2.75, 3.05) is 37.0 Å². The number of benzene rings is 2. The van der Waals surface area contributed by atoms with Crippen LogP contribution < -0.4 is 9.80 Å². The number of alkyl halides is 9. The molecule has 1 fully saturated rings. The molecule has 0 amide bonds. The Labute approximate surface area is 271 Å². The smallest absolute Gasteiger partial charge is 0.380 e. The van der Waals surface area contributed by atoms with E-state index in [1.165, 1.54) is 13.2 Å². The molecule has 0 radical (unpaired) electrons. The normalized spacial score (nSPS) is 20.2. The summed E-state index contributed by atoms with van der Waals surface area (Å²) in [6, 6.07) is 4.01. The summed E-state index contributed by atoms with van der Waals surface area (Å²) in [7, 11) is 3.15. The van der Waals surface area contributed by atoms with Crippen LogP contribution >= 0.6 is 0 Å². The van der Waals surface area contributed by atoms with E-state index < -0.39 is 47.8 Å². The van der Waals surface area contributed by atoms with E-state index in [2.05, 4.69) is 15.1 Å². The van der Waals surface area contributed by atoms with Gasteiger partial charge in [-0.25, -0.2) is 9.97 Å². The number of hydrazone groups is 1. The second-order valence-corrected chi connectivity index (χ2v) is 11.9. The second-order valence-electron chi connectivity index (χ2n) is 11.9. The number of methoxy groups -OCH3 is 1. The average Bonchev–Trinajstić information content (AvgIpc) is 3.65. The quantitative estimate of drug-likeness (QED) is 0.214. The highest BCUT2D eigenvalue weighted by Crippen LogP contribution is 2.40. The predicted octanol–water partition coefficient (Wildman–Crippen LogP) is 7.76. The number of ether oxygens (including phenoxy) is 1. The fourth-order valence-electron chi connectivity index (χ4n) is 6.22. The lowest BCUT2D eigenvalue weighted by Crippen LogP contribution is -2.39. The number of hydrogen-bond donors (Lipinski definition) is 0. The largest absolute Gasteiger partial charge is 0.416 e. The summed E-state index contributed by atoms with van der Waals surface area (Å²) in [5, 5.41) is 5.93. The first-order chi connectivity index (χ1) is 22.5. The Kier molecular flexibility index (Phi) is 9.86. The van der Waals surface area contributed by atoms with E-state index in [9.17, 15) is 39.5 Å². The Morgan fingerprint density at radius 1 is 0.854 bits per heavy atom. The maximum Gasteiger partial charge on any atom is 0.416 e. The van der Waals surface area contributed by atoms with Crippen LogP contribution in [-0.4, -0.2) is 60.5 Å². The maximum atomic E-state index is 13.7. The Morgan fingerprint density at radius 3 is 2.00 bits per heavy atom. The molecule has 0 N–H and O–H groups in total. The van der Waals surface area contributed by atoms with Crippen LogP contribution in [0.2, 0.25) is 0 Å². The van der Waals surface area contributed by atoms with Gasteiger partial charge in [0.1, 0.15) is 0 Å². The van der Waals surface area contributed by atoms with Gasteiger partial charge >= 0.3 is 18.5 Å². The molecule has 48 heavy (non-hydrogen) atoms. The number of aromatic nitrogens is 2. The summed E-state index contributed by atoms with van der Waals surface area (Å²) in [6.45, 7) is 2.13. The summed E-state index contributed by atoms with van der Waals surface area (Å²) >= 11 is 0. The van der Waals surface area contributed by atoms with Gasteiger partial charge in [-0.1, -0.05) is 6.92 Å². The zero-order valence-corrected chi connectivity index (χ0v) is 26.2. The minimum atomic E-state index is -5.03. The van der Waals surface area contributed by atoms with Gasteiger partial charge in [0.05, 0.1) is 29.3 Å². The molecule has 5 rings (SSSR count). The van der Waals surface area contributed by atoms with Gasteiger partial charge in [-0.05, 0) is 60.4 Å². The number of anilines is 2. The molecule has 2 aromatic carbocycles. The van der Waals surface area contributed by atoms with E-state index in [1.807, 2.05) is 11.8 Å². The minimum Gasteiger partial charge on any atom is -0.380 e.